The molecule has 0 saturated carbocycles. The van der Waals surface area contributed by atoms with Crippen LogP contribution in [0, 0.1) is 13.8 Å². The van der Waals surface area contributed by atoms with Crippen LogP contribution < -0.4 is 0 Å². The number of ether oxygens (including phenoxy) is 1. The van der Waals surface area contributed by atoms with Crippen LogP contribution in [-0.4, -0.2) is 14.8 Å². The first-order valence-electron chi connectivity index (χ1n) is 7.48. The molecule has 3 heterocycles. The molecule has 1 aromatic carbocycles. The quantitative estimate of drug-likeness (QED) is 0.698. The van der Waals surface area contributed by atoms with E-state index in [0.29, 0.717) is 13.2 Å². The summed E-state index contributed by atoms with van der Waals surface area (Å²) in [7, 11) is 0. The van der Waals surface area contributed by atoms with Gasteiger partial charge in [-0.25, -0.2) is 0 Å². The van der Waals surface area contributed by atoms with Gasteiger partial charge in [0.05, 0.1) is 6.61 Å². The molecule has 0 amide bonds. The van der Waals surface area contributed by atoms with Gasteiger partial charge in [-0.3, -0.25) is 4.57 Å². The van der Waals surface area contributed by atoms with Crippen molar-refractivity contribution in [1.82, 2.24) is 14.8 Å². The fraction of sp³-hybridized carbons (Fsp3) is 0.294. The van der Waals surface area contributed by atoms with Crippen molar-refractivity contribution in [3.8, 4) is 5.00 Å². The highest BCUT2D eigenvalue weighted by Crippen LogP contribution is 2.37. The molecule has 6 heteroatoms. The molecule has 3 aromatic rings. The van der Waals surface area contributed by atoms with Crippen LogP contribution in [0.15, 0.2) is 24.3 Å². The molecular formula is C17H16ClN3OS. The predicted octanol–water partition coefficient (Wildman–Crippen LogP) is 4.22. The first kappa shape index (κ1) is 14.9. The van der Waals surface area contributed by atoms with Gasteiger partial charge in [-0.05, 0) is 31.0 Å². The molecule has 1 aliphatic heterocycles. The molecule has 118 valence electrons. The van der Waals surface area contributed by atoms with Gasteiger partial charge in [-0.2, -0.15) is 0 Å². The van der Waals surface area contributed by atoms with Crippen LogP contribution in [0.5, 0.6) is 0 Å². The molecule has 0 aliphatic carbocycles. The fourth-order valence-electron chi connectivity index (χ4n) is 3.01. The van der Waals surface area contributed by atoms with Gasteiger partial charge in [0.2, 0.25) is 0 Å². The van der Waals surface area contributed by atoms with Crippen LogP contribution in [0.25, 0.3) is 5.00 Å². The van der Waals surface area contributed by atoms with Crippen molar-refractivity contribution in [2.75, 3.05) is 0 Å². The minimum atomic E-state index is 0.493. The maximum absolute atomic E-state index is 6.34. The maximum atomic E-state index is 6.34. The standard InChI is InChI=1S/C17H16ClN3OS/c1-10-13(7-12-5-3-4-6-15(12)18)14-8-22-9-16-20-19-11(2)21(16)17(14)23-10/h3-6H,7-9H2,1-2H3. The normalized spacial score (nSPS) is 13.5. The van der Waals surface area contributed by atoms with Crippen molar-refractivity contribution in [2.45, 2.75) is 33.5 Å². The van der Waals surface area contributed by atoms with Gasteiger partial charge >= 0.3 is 0 Å². The molecular weight excluding hydrogens is 330 g/mol. The van der Waals surface area contributed by atoms with Gasteiger partial charge in [0.1, 0.15) is 17.4 Å². The van der Waals surface area contributed by atoms with E-state index in [0.717, 1.165) is 28.7 Å². The summed E-state index contributed by atoms with van der Waals surface area (Å²) in [6, 6.07) is 8.01. The molecule has 0 fully saturated rings. The Morgan fingerprint density at radius 3 is 2.87 bits per heavy atom. The van der Waals surface area contributed by atoms with Crippen LogP contribution in [-0.2, 0) is 24.4 Å². The third kappa shape index (κ3) is 2.49. The summed E-state index contributed by atoms with van der Waals surface area (Å²) in [4.78, 5) is 1.29. The molecule has 0 bridgehead atoms. The summed E-state index contributed by atoms with van der Waals surface area (Å²) in [6.07, 6.45) is 0.817. The minimum Gasteiger partial charge on any atom is -0.369 e. The van der Waals surface area contributed by atoms with E-state index < -0.39 is 0 Å². The van der Waals surface area contributed by atoms with Crippen LogP contribution >= 0.6 is 22.9 Å². The first-order valence-corrected chi connectivity index (χ1v) is 8.68. The summed E-state index contributed by atoms with van der Waals surface area (Å²) in [6.45, 7) is 5.23. The van der Waals surface area contributed by atoms with Gasteiger partial charge < -0.3 is 4.74 Å². The number of aromatic nitrogens is 3. The van der Waals surface area contributed by atoms with Crippen molar-refractivity contribution in [3.05, 3.63) is 62.5 Å². The second-order valence-corrected chi connectivity index (χ2v) is 7.29. The monoisotopic (exact) mass is 345 g/mol. The Morgan fingerprint density at radius 2 is 2.04 bits per heavy atom. The second-order valence-electron chi connectivity index (χ2n) is 5.68. The molecule has 0 radical (unpaired) electrons. The summed E-state index contributed by atoms with van der Waals surface area (Å²) in [5, 5.41) is 10.4. The summed E-state index contributed by atoms with van der Waals surface area (Å²) >= 11 is 8.12. The van der Waals surface area contributed by atoms with Gasteiger partial charge in [-0.1, -0.05) is 29.8 Å². The number of fused-ring (bicyclic) bond motifs is 3. The lowest BCUT2D eigenvalue weighted by atomic mass is 10.0. The Morgan fingerprint density at radius 1 is 1.22 bits per heavy atom. The number of hydrogen-bond donors (Lipinski definition) is 0. The number of halogens is 1. The van der Waals surface area contributed by atoms with E-state index in [4.69, 9.17) is 16.3 Å². The van der Waals surface area contributed by atoms with Crippen molar-refractivity contribution in [1.29, 1.82) is 0 Å². The molecule has 23 heavy (non-hydrogen) atoms. The van der Waals surface area contributed by atoms with E-state index in [1.54, 1.807) is 11.3 Å². The Hall–Kier alpha value is -1.69. The van der Waals surface area contributed by atoms with E-state index in [-0.39, 0.29) is 0 Å². The Bertz CT molecular complexity index is 884. The third-order valence-electron chi connectivity index (χ3n) is 4.19. The first-order chi connectivity index (χ1) is 11.1. The summed E-state index contributed by atoms with van der Waals surface area (Å²) < 4.78 is 7.95. The van der Waals surface area contributed by atoms with Gasteiger partial charge in [0.25, 0.3) is 0 Å². The predicted molar refractivity (Wildman–Crippen MR) is 91.5 cm³/mol. The van der Waals surface area contributed by atoms with Crippen LogP contribution in [0.1, 0.15) is 33.2 Å². The van der Waals surface area contributed by atoms with E-state index in [9.17, 15) is 0 Å². The number of benzene rings is 1. The topological polar surface area (TPSA) is 39.9 Å². The van der Waals surface area contributed by atoms with E-state index in [1.807, 2.05) is 25.1 Å². The molecule has 4 nitrogen and oxygen atoms in total. The molecule has 1 aliphatic rings. The van der Waals surface area contributed by atoms with E-state index in [2.05, 4.69) is 27.8 Å². The largest absolute Gasteiger partial charge is 0.369 e. The highest BCUT2D eigenvalue weighted by Gasteiger charge is 2.24. The molecule has 0 spiro atoms. The van der Waals surface area contributed by atoms with Gasteiger partial charge in [0.15, 0.2) is 5.82 Å². The van der Waals surface area contributed by atoms with E-state index >= 15 is 0 Å². The van der Waals surface area contributed by atoms with Crippen LogP contribution in [0.3, 0.4) is 0 Å². The van der Waals surface area contributed by atoms with E-state index in [1.165, 1.54) is 21.0 Å². The summed E-state index contributed by atoms with van der Waals surface area (Å²) in [5.74, 6) is 1.77. The Balaban J connectivity index is 1.84. The zero-order valence-corrected chi connectivity index (χ0v) is 14.5. The highest BCUT2D eigenvalue weighted by atomic mass is 35.5. The number of nitrogens with zero attached hydrogens (tertiary/aromatic N) is 3. The van der Waals surface area contributed by atoms with Crippen molar-refractivity contribution in [2.24, 2.45) is 0 Å². The zero-order valence-electron chi connectivity index (χ0n) is 13.0. The lowest BCUT2D eigenvalue weighted by Crippen LogP contribution is -2.00. The Labute approximate surface area is 143 Å². The van der Waals surface area contributed by atoms with Crippen LogP contribution in [0.2, 0.25) is 5.02 Å². The molecule has 0 atom stereocenters. The fourth-order valence-corrected chi connectivity index (χ4v) is 4.46. The minimum absolute atomic E-state index is 0.493. The summed E-state index contributed by atoms with van der Waals surface area (Å²) in [5.41, 5.74) is 3.68. The molecule has 4 rings (SSSR count). The molecule has 0 N–H and O–H groups in total. The average molecular weight is 346 g/mol. The van der Waals surface area contributed by atoms with Gasteiger partial charge in [0, 0.05) is 21.9 Å². The second kappa shape index (κ2) is 5.74. The maximum Gasteiger partial charge on any atom is 0.164 e. The number of thiophene rings is 1. The van der Waals surface area contributed by atoms with Crippen molar-refractivity contribution >= 4 is 22.9 Å². The highest BCUT2D eigenvalue weighted by molar-refractivity contribution is 7.14. The van der Waals surface area contributed by atoms with Crippen molar-refractivity contribution < 1.29 is 4.74 Å². The number of aryl methyl sites for hydroxylation is 2. The molecule has 0 unspecified atom stereocenters. The number of rotatable bonds is 2. The SMILES string of the molecule is Cc1sc2c(c1Cc1ccccc1Cl)COCc1nnc(C)n1-2. The molecule has 0 saturated heterocycles. The smallest absolute Gasteiger partial charge is 0.164 e. The lowest BCUT2D eigenvalue weighted by molar-refractivity contribution is 0.104. The lowest BCUT2D eigenvalue weighted by Gasteiger charge is -2.08. The average Bonchev–Trinajstić information content (AvgIpc) is 2.97. The van der Waals surface area contributed by atoms with Gasteiger partial charge in [-0.15, -0.1) is 21.5 Å². The third-order valence-corrected chi connectivity index (χ3v) is 5.74. The Kier molecular flexibility index (Phi) is 3.71. The molecule has 2 aromatic heterocycles. The number of hydrogen-bond acceptors (Lipinski definition) is 4. The van der Waals surface area contributed by atoms with Crippen LogP contribution in [0.4, 0.5) is 0 Å². The zero-order chi connectivity index (χ0) is 16.0. The van der Waals surface area contributed by atoms with Crippen molar-refractivity contribution in [3.63, 3.8) is 0 Å².